The lowest BCUT2D eigenvalue weighted by molar-refractivity contribution is -0.168. The van der Waals surface area contributed by atoms with E-state index in [2.05, 4.69) is 4.74 Å². The maximum Gasteiger partial charge on any atom is 0.337 e. The fraction of sp³-hybridized carbons (Fsp3) is 0.889. The Labute approximate surface area is 78.2 Å². The van der Waals surface area contributed by atoms with Gasteiger partial charge in [0.2, 0.25) is 0 Å². The van der Waals surface area contributed by atoms with Gasteiger partial charge in [-0.05, 0) is 20.3 Å². The summed E-state index contributed by atoms with van der Waals surface area (Å²) < 4.78 is 15.5. The number of carbonyl (C=O) groups is 1. The quantitative estimate of drug-likeness (QED) is 0.608. The molecule has 1 aliphatic rings. The minimum Gasteiger partial charge on any atom is -0.467 e. The largest absolute Gasteiger partial charge is 0.467 e. The topological polar surface area (TPSA) is 44.8 Å². The smallest absolute Gasteiger partial charge is 0.337 e. The van der Waals surface area contributed by atoms with Crippen molar-refractivity contribution in [3.63, 3.8) is 0 Å². The summed E-state index contributed by atoms with van der Waals surface area (Å²) in [4.78, 5) is 11.2. The molecule has 76 valence electrons. The standard InChI is InChI=1S/C9H16O4/c1-5-6-7(8(10)11-4)13-9(2,3)12-6/h6-7H,5H2,1-4H3/t6-,7+/m0/s1. The van der Waals surface area contributed by atoms with E-state index < -0.39 is 11.9 Å². The van der Waals surface area contributed by atoms with Gasteiger partial charge in [0.15, 0.2) is 11.9 Å². The second-order valence-electron chi connectivity index (χ2n) is 3.53. The van der Waals surface area contributed by atoms with Gasteiger partial charge in [0.05, 0.1) is 13.2 Å². The van der Waals surface area contributed by atoms with Crippen LogP contribution in [0.1, 0.15) is 27.2 Å². The van der Waals surface area contributed by atoms with Gasteiger partial charge in [0, 0.05) is 0 Å². The van der Waals surface area contributed by atoms with Crippen molar-refractivity contribution in [3.05, 3.63) is 0 Å². The summed E-state index contributed by atoms with van der Waals surface area (Å²) in [6.07, 6.45) is -0.0316. The van der Waals surface area contributed by atoms with Crippen molar-refractivity contribution in [1.82, 2.24) is 0 Å². The average Bonchev–Trinajstić information content (AvgIpc) is 2.39. The number of hydrogen-bond donors (Lipinski definition) is 0. The van der Waals surface area contributed by atoms with Gasteiger partial charge in [-0.15, -0.1) is 0 Å². The molecular formula is C9H16O4. The molecular weight excluding hydrogens is 172 g/mol. The molecule has 4 nitrogen and oxygen atoms in total. The molecule has 0 N–H and O–H groups in total. The van der Waals surface area contributed by atoms with Crippen molar-refractivity contribution < 1.29 is 19.0 Å². The number of ether oxygens (including phenoxy) is 3. The summed E-state index contributed by atoms with van der Waals surface area (Å²) in [5.41, 5.74) is 0. The first kappa shape index (κ1) is 10.5. The maximum atomic E-state index is 11.2. The minimum absolute atomic E-state index is 0.192. The molecule has 0 aromatic rings. The lowest BCUT2D eigenvalue weighted by Crippen LogP contribution is -2.32. The van der Waals surface area contributed by atoms with Crippen molar-refractivity contribution in [2.45, 2.75) is 45.2 Å². The van der Waals surface area contributed by atoms with Gasteiger partial charge in [0.25, 0.3) is 0 Å². The third-order valence-electron chi connectivity index (χ3n) is 2.02. The number of carbonyl (C=O) groups excluding carboxylic acids is 1. The van der Waals surface area contributed by atoms with Crippen molar-refractivity contribution in [1.29, 1.82) is 0 Å². The van der Waals surface area contributed by atoms with E-state index in [-0.39, 0.29) is 12.1 Å². The molecule has 13 heavy (non-hydrogen) atoms. The van der Waals surface area contributed by atoms with Crippen molar-refractivity contribution in [3.8, 4) is 0 Å². The zero-order chi connectivity index (χ0) is 10.1. The van der Waals surface area contributed by atoms with Crippen LogP contribution in [-0.4, -0.2) is 31.1 Å². The number of methoxy groups -OCH3 is 1. The highest BCUT2D eigenvalue weighted by atomic mass is 16.8. The molecule has 1 rings (SSSR count). The predicted molar refractivity (Wildman–Crippen MR) is 46.1 cm³/mol. The molecule has 0 radical (unpaired) electrons. The Bertz CT molecular complexity index is 200. The van der Waals surface area contributed by atoms with Crippen LogP contribution < -0.4 is 0 Å². The van der Waals surface area contributed by atoms with Crippen LogP contribution in [0.2, 0.25) is 0 Å². The third-order valence-corrected chi connectivity index (χ3v) is 2.02. The normalized spacial score (nSPS) is 31.7. The van der Waals surface area contributed by atoms with E-state index in [1.165, 1.54) is 7.11 Å². The summed E-state index contributed by atoms with van der Waals surface area (Å²) in [7, 11) is 1.35. The second kappa shape index (κ2) is 3.64. The number of rotatable bonds is 2. The first-order chi connectivity index (χ1) is 6.00. The average molecular weight is 188 g/mol. The zero-order valence-corrected chi connectivity index (χ0v) is 8.49. The molecule has 1 fully saturated rings. The zero-order valence-electron chi connectivity index (χ0n) is 8.49. The molecule has 0 aliphatic carbocycles. The molecule has 0 spiro atoms. The Morgan fingerprint density at radius 2 is 2.08 bits per heavy atom. The highest BCUT2D eigenvalue weighted by molar-refractivity contribution is 5.75. The van der Waals surface area contributed by atoms with Gasteiger partial charge in [-0.25, -0.2) is 4.79 Å². The molecule has 0 saturated carbocycles. The van der Waals surface area contributed by atoms with Gasteiger partial charge in [-0.3, -0.25) is 0 Å². The molecule has 1 heterocycles. The van der Waals surface area contributed by atoms with Crippen LogP contribution in [0.4, 0.5) is 0 Å². The van der Waals surface area contributed by atoms with Crippen LogP contribution in [-0.2, 0) is 19.0 Å². The summed E-state index contributed by atoms with van der Waals surface area (Å²) in [5, 5.41) is 0. The molecule has 0 aromatic carbocycles. The first-order valence-corrected chi connectivity index (χ1v) is 4.43. The van der Waals surface area contributed by atoms with E-state index in [1.54, 1.807) is 13.8 Å². The van der Waals surface area contributed by atoms with Crippen LogP contribution >= 0.6 is 0 Å². The SMILES string of the molecule is CC[C@@H]1OC(C)(C)O[C@H]1C(=O)OC. The molecule has 0 amide bonds. The second-order valence-corrected chi connectivity index (χ2v) is 3.53. The molecule has 1 aliphatic heterocycles. The van der Waals surface area contributed by atoms with Gasteiger partial charge in [0.1, 0.15) is 0 Å². The van der Waals surface area contributed by atoms with Crippen molar-refractivity contribution in [2.75, 3.05) is 7.11 Å². The van der Waals surface area contributed by atoms with Crippen LogP contribution in [0.25, 0.3) is 0 Å². The molecule has 1 saturated heterocycles. The molecule has 4 heteroatoms. The Balaban J connectivity index is 2.69. The molecule has 0 aromatic heterocycles. The van der Waals surface area contributed by atoms with E-state index in [4.69, 9.17) is 9.47 Å². The van der Waals surface area contributed by atoms with Crippen LogP contribution in [0.3, 0.4) is 0 Å². The van der Waals surface area contributed by atoms with E-state index in [0.717, 1.165) is 6.42 Å². The Hall–Kier alpha value is -0.610. The van der Waals surface area contributed by atoms with Gasteiger partial charge >= 0.3 is 5.97 Å². The Kier molecular flexibility index (Phi) is 2.93. The number of hydrogen-bond acceptors (Lipinski definition) is 4. The number of esters is 1. The van der Waals surface area contributed by atoms with Crippen LogP contribution in [0.5, 0.6) is 0 Å². The summed E-state index contributed by atoms with van der Waals surface area (Å²) in [6.45, 7) is 5.53. The lowest BCUT2D eigenvalue weighted by atomic mass is 10.1. The first-order valence-electron chi connectivity index (χ1n) is 4.43. The monoisotopic (exact) mass is 188 g/mol. The minimum atomic E-state index is -0.681. The van der Waals surface area contributed by atoms with Crippen molar-refractivity contribution in [2.24, 2.45) is 0 Å². The summed E-state index contributed by atoms with van der Waals surface area (Å²) >= 11 is 0. The van der Waals surface area contributed by atoms with Crippen LogP contribution in [0.15, 0.2) is 0 Å². The molecule has 0 unspecified atom stereocenters. The Morgan fingerprint density at radius 1 is 1.46 bits per heavy atom. The van der Waals surface area contributed by atoms with Gasteiger partial charge in [-0.2, -0.15) is 0 Å². The molecule has 2 atom stereocenters. The van der Waals surface area contributed by atoms with E-state index in [0.29, 0.717) is 0 Å². The summed E-state index contributed by atoms with van der Waals surface area (Å²) in [6, 6.07) is 0. The van der Waals surface area contributed by atoms with Gasteiger partial charge in [-0.1, -0.05) is 6.92 Å². The Morgan fingerprint density at radius 3 is 2.54 bits per heavy atom. The maximum absolute atomic E-state index is 11.2. The van der Waals surface area contributed by atoms with E-state index in [1.807, 2.05) is 6.92 Å². The fourth-order valence-electron chi connectivity index (χ4n) is 1.45. The fourth-order valence-corrected chi connectivity index (χ4v) is 1.45. The van der Waals surface area contributed by atoms with Crippen LogP contribution in [0, 0.1) is 0 Å². The van der Waals surface area contributed by atoms with Gasteiger partial charge < -0.3 is 14.2 Å². The van der Waals surface area contributed by atoms with E-state index in [9.17, 15) is 4.79 Å². The lowest BCUT2D eigenvalue weighted by Gasteiger charge is -2.16. The predicted octanol–water partition coefficient (Wildman–Crippen LogP) is 1.09. The highest BCUT2D eigenvalue weighted by Crippen LogP contribution is 2.30. The third kappa shape index (κ3) is 2.19. The highest BCUT2D eigenvalue weighted by Gasteiger charge is 2.44. The van der Waals surface area contributed by atoms with Crippen molar-refractivity contribution >= 4 is 5.97 Å². The van der Waals surface area contributed by atoms with E-state index >= 15 is 0 Å². The summed E-state index contributed by atoms with van der Waals surface area (Å²) in [5.74, 6) is -1.04. The molecule has 0 bridgehead atoms.